The van der Waals surface area contributed by atoms with Crippen molar-refractivity contribution in [2.45, 2.75) is 0 Å². The lowest BCUT2D eigenvalue weighted by molar-refractivity contribution is 0.102. The van der Waals surface area contributed by atoms with E-state index < -0.39 is 0 Å². The van der Waals surface area contributed by atoms with E-state index in [0.717, 1.165) is 11.1 Å². The summed E-state index contributed by atoms with van der Waals surface area (Å²) >= 11 is 0. The van der Waals surface area contributed by atoms with E-state index in [-0.39, 0.29) is 11.5 Å². The third kappa shape index (κ3) is 2.44. The molecule has 3 rings (SSSR count). The topological polar surface area (TPSA) is 62.0 Å². The molecule has 0 aliphatic rings. The van der Waals surface area contributed by atoms with Crippen LogP contribution in [0.5, 0.6) is 0 Å². The molecular weight excluding hydrogens is 252 g/mol. The molecule has 0 unspecified atom stereocenters. The van der Waals surface area contributed by atoms with E-state index in [1.807, 2.05) is 36.4 Å². The van der Waals surface area contributed by atoms with Crippen LogP contribution >= 0.6 is 0 Å². The second-order valence-electron chi connectivity index (χ2n) is 4.44. The molecule has 0 aliphatic heterocycles. The molecule has 0 saturated carbocycles. The first-order valence-corrected chi connectivity index (χ1v) is 6.22. The minimum Gasteiger partial charge on any atom is -0.322 e. The number of carbonyl (C=O) groups is 1. The summed E-state index contributed by atoms with van der Waals surface area (Å²) in [5, 5.41) is 3.70. The number of rotatable bonds is 2. The first-order valence-electron chi connectivity index (χ1n) is 6.22. The number of anilines is 1. The summed E-state index contributed by atoms with van der Waals surface area (Å²) in [5.74, 6) is -0.206. The Balaban J connectivity index is 1.93. The van der Waals surface area contributed by atoms with Gasteiger partial charge in [0.15, 0.2) is 0 Å². The van der Waals surface area contributed by atoms with Crippen LogP contribution in [0.3, 0.4) is 0 Å². The zero-order valence-electron chi connectivity index (χ0n) is 10.6. The third-order valence-corrected chi connectivity index (χ3v) is 3.02. The van der Waals surface area contributed by atoms with Gasteiger partial charge in [-0.05, 0) is 35.7 Å². The predicted octanol–water partition coefficient (Wildman–Crippen LogP) is 2.78. The SMILES string of the molecule is O=C(Nc1ccccc1)c1ccc2ccc(=O)[nH]c2c1. The fourth-order valence-electron chi connectivity index (χ4n) is 2.02. The molecule has 0 fully saturated rings. The van der Waals surface area contributed by atoms with E-state index in [1.165, 1.54) is 6.07 Å². The number of nitrogens with one attached hydrogen (secondary N) is 2. The Hall–Kier alpha value is -2.88. The van der Waals surface area contributed by atoms with Crippen LogP contribution in [0.15, 0.2) is 65.5 Å². The van der Waals surface area contributed by atoms with Crippen LogP contribution in [0.25, 0.3) is 10.9 Å². The normalized spacial score (nSPS) is 10.4. The minimum atomic E-state index is -0.206. The average Bonchev–Trinajstić information content (AvgIpc) is 2.47. The maximum atomic E-state index is 12.1. The van der Waals surface area contributed by atoms with Crippen molar-refractivity contribution in [3.8, 4) is 0 Å². The first-order chi connectivity index (χ1) is 9.72. The molecule has 2 N–H and O–H groups in total. The summed E-state index contributed by atoms with van der Waals surface area (Å²) < 4.78 is 0. The number of hydrogen-bond donors (Lipinski definition) is 2. The van der Waals surface area contributed by atoms with Gasteiger partial charge in [-0.1, -0.05) is 24.3 Å². The lowest BCUT2D eigenvalue weighted by Crippen LogP contribution is -2.12. The first kappa shape index (κ1) is 12.2. The van der Waals surface area contributed by atoms with Gasteiger partial charge in [-0.15, -0.1) is 0 Å². The highest BCUT2D eigenvalue weighted by molar-refractivity contribution is 6.06. The van der Waals surface area contributed by atoms with Gasteiger partial charge in [-0.25, -0.2) is 0 Å². The number of benzene rings is 2. The fourth-order valence-corrected chi connectivity index (χ4v) is 2.02. The van der Waals surface area contributed by atoms with Crippen LogP contribution in [0.4, 0.5) is 5.69 Å². The summed E-state index contributed by atoms with van der Waals surface area (Å²) in [5.41, 5.74) is 1.71. The monoisotopic (exact) mass is 264 g/mol. The molecule has 2 aromatic carbocycles. The van der Waals surface area contributed by atoms with E-state index in [4.69, 9.17) is 0 Å². The van der Waals surface area contributed by atoms with Crippen molar-refractivity contribution in [2.24, 2.45) is 0 Å². The predicted molar refractivity (Wildman–Crippen MR) is 79.0 cm³/mol. The summed E-state index contributed by atoms with van der Waals surface area (Å²) in [6.45, 7) is 0. The Morgan fingerprint density at radius 3 is 2.50 bits per heavy atom. The van der Waals surface area contributed by atoms with Gasteiger partial charge in [0.2, 0.25) is 5.56 Å². The molecule has 4 nitrogen and oxygen atoms in total. The number of para-hydroxylation sites is 1. The Morgan fingerprint density at radius 1 is 0.950 bits per heavy atom. The lowest BCUT2D eigenvalue weighted by Gasteiger charge is -2.06. The van der Waals surface area contributed by atoms with Crippen molar-refractivity contribution < 1.29 is 4.79 Å². The van der Waals surface area contributed by atoms with Crippen molar-refractivity contribution in [1.29, 1.82) is 0 Å². The van der Waals surface area contributed by atoms with Crippen molar-refractivity contribution >= 4 is 22.5 Å². The highest BCUT2D eigenvalue weighted by atomic mass is 16.1. The number of fused-ring (bicyclic) bond motifs is 1. The third-order valence-electron chi connectivity index (χ3n) is 3.02. The fraction of sp³-hybridized carbons (Fsp3) is 0. The molecule has 3 aromatic rings. The molecule has 1 amide bonds. The molecule has 98 valence electrons. The van der Waals surface area contributed by atoms with Gasteiger partial charge in [-0.2, -0.15) is 0 Å². The van der Waals surface area contributed by atoms with Crippen molar-refractivity contribution in [3.63, 3.8) is 0 Å². The average molecular weight is 264 g/mol. The number of H-pyrrole nitrogens is 1. The molecule has 0 saturated heterocycles. The van der Waals surface area contributed by atoms with E-state index in [2.05, 4.69) is 10.3 Å². The minimum absolute atomic E-state index is 0.182. The van der Waals surface area contributed by atoms with Crippen LogP contribution in [0, 0.1) is 0 Å². The van der Waals surface area contributed by atoms with Gasteiger partial charge < -0.3 is 10.3 Å². The Morgan fingerprint density at radius 2 is 1.70 bits per heavy atom. The lowest BCUT2D eigenvalue weighted by atomic mass is 10.1. The van der Waals surface area contributed by atoms with Gasteiger partial charge in [0.25, 0.3) is 5.91 Å². The molecule has 0 atom stereocenters. The Labute approximate surface area is 115 Å². The van der Waals surface area contributed by atoms with Crippen molar-refractivity contribution in [2.75, 3.05) is 5.32 Å². The van der Waals surface area contributed by atoms with Gasteiger partial charge in [0.1, 0.15) is 0 Å². The highest BCUT2D eigenvalue weighted by Crippen LogP contribution is 2.14. The van der Waals surface area contributed by atoms with E-state index in [0.29, 0.717) is 11.1 Å². The van der Waals surface area contributed by atoms with Crippen LogP contribution in [0.1, 0.15) is 10.4 Å². The molecule has 4 heteroatoms. The van der Waals surface area contributed by atoms with Gasteiger partial charge in [0, 0.05) is 22.8 Å². The van der Waals surface area contributed by atoms with Crippen LogP contribution < -0.4 is 10.9 Å². The van der Waals surface area contributed by atoms with E-state index in [9.17, 15) is 9.59 Å². The second-order valence-corrected chi connectivity index (χ2v) is 4.44. The van der Waals surface area contributed by atoms with Crippen LogP contribution in [-0.4, -0.2) is 10.9 Å². The van der Waals surface area contributed by atoms with Crippen molar-refractivity contribution in [1.82, 2.24) is 4.98 Å². The quantitative estimate of drug-likeness (QED) is 0.747. The Kier molecular flexibility index (Phi) is 3.05. The number of aromatic amines is 1. The number of amides is 1. The maximum absolute atomic E-state index is 12.1. The van der Waals surface area contributed by atoms with E-state index >= 15 is 0 Å². The van der Waals surface area contributed by atoms with Gasteiger partial charge in [0.05, 0.1) is 0 Å². The highest BCUT2D eigenvalue weighted by Gasteiger charge is 2.07. The summed E-state index contributed by atoms with van der Waals surface area (Å²) in [4.78, 5) is 26.2. The maximum Gasteiger partial charge on any atom is 0.255 e. The molecule has 20 heavy (non-hydrogen) atoms. The number of carbonyl (C=O) groups excluding carboxylic acids is 1. The number of hydrogen-bond acceptors (Lipinski definition) is 2. The summed E-state index contributed by atoms with van der Waals surface area (Å²) in [7, 11) is 0. The molecule has 0 bridgehead atoms. The Bertz CT molecular complexity index is 823. The molecule has 0 radical (unpaired) electrons. The standard InChI is InChI=1S/C16H12N2O2/c19-15-9-8-11-6-7-12(10-14(11)18-15)16(20)17-13-4-2-1-3-5-13/h1-10H,(H,17,20)(H,18,19). The zero-order valence-corrected chi connectivity index (χ0v) is 10.6. The largest absolute Gasteiger partial charge is 0.322 e. The summed E-state index contributed by atoms with van der Waals surface area (Å²) in [6, 6.07) is 17.7. The van der Waals surface area contributed by atoms with Gasteiger partial charge >= 0.3 is 0 Å². The second kappa shape index (κ2) is 5.01. The zero-order chi connectivity index (χ0) is 13.9. The van der Waals surface area contributed by atoms with Gasteiger partial charge in [-0.3, -0.25) is 9.59 Å². The van der Waals surface area contributed by atoms with E-state index in [1.54, 1.807) is 18.2 Å². The van der Waals surface area contributed by atoms with Crippen LogP contribution in [0.2, 0.25) is 0 Å². The molecule has 1 aromatic heterocycles. The smallest absolute Gasteiger partial charge is 0.255 e. The number of pyridine rings is 1. The molecule has 1 heterocycles. The molecule has 0 spiro atoms. The summed E-state index contributed by atoms with van der Waals surface area (Å²) in [6.07, 6.45) is 0. The molecule has 0 aliphatic carbocycles. The number of aromatic nitrogens is 1. The molecular formula is C16H12N2O2. The van der Waals surface area contributed by atoms with Crippen molar-refractivity contribution in [3.05, 3.63) is 76.6 Å². The van der Waals surface area contributed by atoms with Crippen LogP contribution in [-0.2, 0) is 0 Å².